The van der Waals surface area contributed by atoms with Gasteiger partial charge in [0.25, 0.3) is 0 Å². The van der Waals surface area contributed by atoms with Crippen LogP contribution in [0.1, 0.15) is 58.2 Å². The van der Waals surface area contributed by atoms with Gasteiger partial charge in [0.1, 0.15) is 0 Å². The zero-order valence-electron chi connectivity index (χ0n) is 19.8. The molecule has 6 heteroatoms. The molecule has 0 aliphatic rings. The van der Waals surface area contributed by atoms with Gasteiger partial charge >= 0.3 is 0 Å². The number of rotatable bonds is 12. The van der Waals surface area contributed by atoms with Crippen LogP contribution in [0, 0.1) is 11.6 Å². The molecule has 0 spiro atoms. The Morgan fingerprint density at radius 3 is 2.32 bits per heavy atom. The van der Waals surface area contributed by atoms with Crippen molar-refractivity contribution in [3.63, 3.8) is 0 Å². The van der Waals surface area contributed by atoms with Gasteiger partial charge in [-0.05, 0) is 61.9 Å². The monoisotopic (exact) mass is 466 g/mol. The fourth-order valence-corrected chi connectivity index (χ4v) is 3.61. The molecular weight excluding hydrogens is 434 g/mol. The quantitative estimate of drug-likeness (QED) is 0.280. The van der Waals surface area contributed by atoms with Gasteiger partial charge in [0.2, 0.25) is 5.82 Å². The average molecular weight is 467 g/mol. The second-order valence-electron chi connectivity index (χ2n) is 8.39. The van der Waals surface area contributed by atoms with Gasteiger partial charge in [0.15, 0.2) is 17.4 Å². The molecular formula is C28H32F2N2O2. The summed E-state index contributed by atoms with van der Waals surface area (Å²) in [5.74, 6) is -2.37. The molecule has 1 atom stereocenters. The Morgan fingerprint density at radius 1 is 0.912 bits per heavy atom. The summed E-state index contributed by atoms with van der Waals surface area (Å²) in [6.07, 6.45) is 14.4. The topological polar surface area (TPSA) is 55.2 Å². The van der Waals surface area contributed by atoms with E-state index in [1.807, 2.05) is 6.08 Å². The fourth-order valence-electron chi connectivity index (χ4n) is 3.61. The number of benzene rings is 2. The molecule has 2 aromatic carbocycles. The van der Waals surface area contributed by atoms with E-state index >= 15 is 0 Å². The number of phenols is 1. The molecule has 180 valence electrons. The van der Waals surface area contributed by atoms with E-state index in [-0.39, 0.29) is 11.7 Å². The molecule has 3 aromatic rings. The molecule has 0 saturated carbocycles. The first-order valence-electron chi connectivity index (χ1n) is 11.9. The lowest BCUT2D eigenvalue weighted by Gasteiger charge is -2.11. The Balaban J connectivity index is 1.50. The van der Waals surface area contributed by atoms with Crippen molar-refractivity contribution in [1.29, 1.82) is 0 Å². The Hall–Kier alpha value is -3.12. The van der Waals surface area contributed by atoms with Crippen LogP contribution in [0.2, 0.25) is 0 Å². The van der Waals surface area contributed by atoms with E-state index in [1.165, 1.54) is 18.9 Å². The molecule has 0 radical (unpaired) electrons. The summed E-state index contributed by atoms with van der Waals surface area (Å²) in [6, 6.07) is 9.51. The van der Waals surface area contributed by atoms with Gasteiger partial charge in [0, 0.05) is 30.1 Å². The highest BCUT2D eigenvalue weighted by molar-refractivity contribution is 5.70. The van der Waals surface area contributed by atoms with Crippen LogP contribution in [-0.4, -0.2) is 27.8 Å². The standard InChI is InChI=1S/C28H32F2N2O2/c1-3-4-8-17-34-20(2)9-6-5-7-10-26-31-18-23(19-32-26)21-11-13-22(14-12-21)24-15-16-25(33)28(30)27(24)29/h7,10-16,18-20,33H,3-6,8-9,17H2,1-2H3. The predicted molar refractivity (Wildman–Crippen MR) is 132 cm³/mol. The second kappa shape index (κ2) is 12.9. The van der Waals surface area contributed by atoms with Crippen LogP contribution in [0.3, 0.4) is 0 Å². The Bertz CT molecular complexity index is 1070. The lowest BCUT2D eigenvalue weighted by Crippen LogP contribution is -2.08. The maximum Gasteiger partial charge on any atom is 0.200 e. The van der Waals surface area contributed by atoms with Gasteiger partial charge in [-0.1, -0.05) is 50.1 Å². The van der Waals surface area contributed by atoms with Crippen LogP contribution < -0.4 is 0 Å². The first-order valence-corrected chi connectivity index (χ1v) is 11.9. The van der Waals surface area contributed by atoms with Gasteiger partial charge in [-0.2, -0.15) is 4.39 Å². The molecule has 1 heterocycles. The summed E-state index contributed by atoms with van der Waals surface area (Å²) < 4.78 is 33.6. The molecule has 1 unspecified atom stereocenters. The van der Waals surface area contributed by atoms with E-state index in [0.717, 1.165) is 49.5 Å². The van der Waals surface area contributed by atoms with Crippen molar-refractivity contribution < 1.29 is 18.6 Å². The molecule has 3 rings (SSSR count). The molecule has 0 aliphatic heterocycles. The number of hydrogen-bond acceptors (Lipinski definition) is 4. The van der Waals surface area contributed by atoms with Crippen LogP contribution in [0.5, 0.6) is 5.75 Å². The first-order chi connectivity index (χ1) is 16.5. The number of halogens is 2. The molecule has 4 nitrogen and oxygen atoms in total. The van der Waals surface area contributed by atoms with E-state index in [9.17, 15) is 13.9 Å². The van der Waals surface area contributed by atoms with Crippen LogP contribution in [0.15, 0.2) is 54.9 Å². The largest absolute Gasteiger partial charge is 0.505 e. The van der Waals surface area contributed by atoms with Crippen LogP contribution in [-0.2, 0) is 4.74 Å². The number of aromatic hydroxyl groups is 1. The Labute approximate surface area is 200 Å². The van der Waals surface area contributed by atoms with Crippen LogP contribution in [0.25, 0.3) is 28.3 Å². The van der Waals surface area contributed by atoms with Crippen molar-refractivity contribution in [2.24, 2.45) is 0 Å². The number of phenolic OH excluding ortho intramolecular Hbond substituents is 1. The minimum atomic E-state index is -1.25. The molecule has 0 bridgehead atoms. The lowest BCUT2D eigenvalue weighted by atomic mass is 10.0. The zero-order chi connectivity index (χ0) is 24.3. The number of unbranched alkanes of at least 4 members (excludes halogenated alkanes) is 3. The van der Waals surface area contributed by atoms with Gasteiger partial charge in [-0.3, -0.25) is 0 Å². The average Bonchev–Trinajstić information content (AvgIpc) is 2.86. The number of aromatic nitrogens is 2. The number of nitrogens with zero attached hydrogens (tertiary/aromatic N) is 2. The van der Waals surface area contributed by atoms with Gasteiger partial charge in [-0.15, -0.1) is 0 Å². The number of allylic oxidation sites excluding steroid dienone is 1. The highest BCUT2D eigenvalue weighted by Crippen LogP contribution is 2.30. The molecule has 0 aliphatic carbocycles. The molecule has 0 fully saturated rings. The van der Waals surface area contributed by atoms with Crippen molar-refractivity contribution in [2.45, 2.75) is 58.5 Å². The van der Waals surface area contributed by atoms with Crippen LogP contribution >= 0.6 is 0 Å². The molecule has 1 N–H and O–H groups in total. The molecule has 0 saturated heterocycles. The third-order valence-corrected chi connectivity index (χ3v) is 5.66. The first kappa shape index (κ1) is 25.5. The van der Waals surface area contributed by atoms with Gasteiger partial charge < -0.3 is 9.84 Å². The SMILES string of the molecule is CCCCCOC(C)CCCC=Cc1ncc(-c2ccc(-c3ccc(O)c(F)c3F)cc2)cn1. The van der Waals surface area contributed by atoms with Crippen molar-refractivity contribution >= 4 is 6.08 Å². The van der Waals surface area contributed by atoms with Crippen LogP contribution in [0.4, 0.5) is 8.78 Å². The summed E-state index contributed by atoms with van der Waals surface area (Å²) >= 11 is 0. The fraction of sp³-hybridized carbons (Fsp3) is 0.357. The van der Waals surface area contributed by atoms with Gasteiger partial charge in [0.05, 0.1) is 6.10 Å². The Morgan fingerprint density at radius 2 is 1.62 bits per heavy atom. The maximum atomic E-state index is 14.1. The maximum absolute atomic E-state index is 14.1. The summed E-state index contributed by atoms with van der Waals surface area (Å²) in [7, 11) is 0. The smallest absolute Gasteiger partial charge is 0.200 e. The molecule has 0 amide bonds. The van der Waals surface area contributed by atoms with Crippen molar-refractivity contribution in [1.82, 2.24) is 9.97 Å². The summed E-state index contributed by atoms with van der Waals surface area (Å²) in [4.78, 5) is 8.80. The van der Waals surface area contributed by atoms with Crippen molar-refractivity contribution in [2.75, 3.05) is 6.61 Å². The summed E-state index contributed by atoms with van der Waals surface area (Å²) in [5, 5.41) is 9.29. The minimum Gasteiger partial charge on any atom is -0.505 e. The summed E-state index contributed by atoms with van der Waals surface area (Å²) in [6.45, 7) is 5.17. The summed E-state index contributed by atoms with van der Waals surface area (Å²) in [5.41, 5.74) is 2.30. The third kappa shape index (κ3) is 7.19. The second-order valence-corrected chi connectivity index (χ2v) is 8.39. The zero-order valence-corrected chi connectivity index (χ0v) is 19.8. The van der Waals surface area contributed by atoms with E-state index in [0.29, 0.717) is 11.4 Å². The highest BCUT2D eigenvalue weighted by Gasteiger charge is 2.14. The number of ether oxygens (including phenoxy) is 1. The van der Waals surface area contributed by atoms with Gasteiger partial charge in [-0.25, -0.2) is 14.4 Å². The predicted octanol–water partition coefficient (Wildman–Crippen LogP) is 7.57. The normalized spacial score (nSPS) is 12.4. The van der Waals surface area contributed by atoms with E-state index in [1.54, 1.807) is 36.7 Å². The van der Waals surface area contributed by atoms with E-state index < -0.39 is 17.4 Å². The number of hydrogen-bond donors (Lipinski definition) is 1. The molecule has 1 aromatic heterocycles. The Kier molecular flexibility index (Phi) is 9.71. The highest BCUT2D eigenvalue weighted by atomic mass is 19.2. The van der Waals surface area contributed by atoms with E-state index in [2.05, 4.69) is 29.9 Å². The molecule has 34 heavy (non-hydrogen) atoms. The van der Waals surface area contributed by atoms with Crippen molar-refractivity contribution in [3.05, 3.63) is 72.3 Å². The minimum absolute atomic E-state index is 0.0936. The van der Waals surface area contributed by atoms with Crippen molar-refractivity contribution in [3.8, 4) is 28.0 Å². The third-order valence-electron chi connectivity index (χ3n) is 5.66. The van der Waals surface area contributed by atoms with E-state index in [4.69, 9.17) is 4.74 Å². The lowest BCUT2D eigenvalue weighted by molar-refractivity contribution is 0.0566.